The van der Waals surface area contributed by atoms with Crippen LogP contribution < -0.4 is 5.56 Å². The standard InChI is InChI=1S/C24H33ClN2O3S/c1-5-16-29-24(14-10-7-11-15-24)30-22(18-12-8-6-9-13-18)31-19-17-26-27(23(2,3)4)21(28)20(19)25/h6,8-9,12-13,17,22H,5,7,10-11,14-16H2,1-4H3. The number of thioether (sulfide) groups is 1. The van der Waals surface area contributed by atoms with Gasteiger partial charge in [-0.2, -0.15) is 5.10 Å². The van der Waals surface area contributed by atoms with Gasteiger partial charge in [-0.3, -0.25) is 4.79 Å². The number of nitrogens with zero attached hydrogens (tertiary/aromatic N) is 2. The summed E-state index contributed by atoms with van der Waals surface area (Å²) in [7, 11) is 0. The molecule has 1 saturated carbocycles. The van der Waals surface area contributed by atoms with Gasteiger partial charge in [-0.25, -0.2) is 4.68 Å². The second-order valence-electron chi connectivity index (χ2n) is 9.01. The maximum absolute atomic E-state index is 12.8. The van der Waals surface area contributed by atoms with Gasteiger partial charge in [0.2, 0.25) is 0 Å². The highest BCUT2D eigenvalue weighted by atomic mass is 35.5. The van der Waals surface area contributed by atoms with E-state index in [4.69, 9.17) is 21.1 Å². The molecule has 3 rings (SSSR count). The first-order valence-electron chi connectivity index (χ1n) is 11.1. The lowest BCUT2D eigenvalue weighted by Gasteiger charge is -2.39. The van der Waals surface area contributed by atoms with Crippen LogP contribution in [0.3, 0.4) is 0 Å². The topological polar surface area (TPSA) is 53.4 Å². The highest BCUT2D eigenvalue weighted by Crippen LogP contribution is 2.45. The zero-order valence-electron chi connectivity index (χ0n) is 18.9. The molecule has 0 N–H and O–H groups in total. The van der Waals surface area contributed by atoms with Crippen molar-refractivity contribution in [3.05, 3.63) is 57.5 Å². The van der Waals surface area contributed by atoms with Gasteiger partial charge in [0.25, 0.3) is 5.56 Å². The van der Waals surface area contributed by atoms with E-state index in [0.29, 0.717) is 11.5 Å². The Balaban J connectivity index is 1.94. The normalized spacial score (nSPS) is 17.5. The van der Waals surface area contributed by atoms with Crippen LogP contribution in [-0.4, -0.2) is 22.2 Å². The predicted octanol–water partition coefficient (Wildman–Crippen LogP) is 6.55. The third-order valence-corrected chi connectivity index (χ3v) is 6.96. The first kappa shape index (κ1) is 24.3. The fourth-order valence-corrected chi connectivity index (χ4v) is 5.04. The Morgan fingerprint density at radius 2 is 1.87 bits per heavy atom. The molecular weight excluding hydrogens is 432 g/mol. The number of aromatic nitrogens is 2. The van der Waals surface area contributed by atoms with Crippen LogP contribution >= 0.6 is 23.4 Å². The van der Waals surface area contributed by atoms with Gasteiger partial charge in [-0.1, -0.05) is 67.0 Å². The third-order valence-electron chi connectivity index (χ3n) is 5.33. The van der Waals surface area contributed by atoms with E-state index in [2.05, 4.69) is 12.0 Å². The fourth-order valence-electron chi connectivity index (χ4n) is 3.73. The van der Waals surface area contributed by atoms with Gasteiger partial charge in [0.1, 0.15) is 10.5 Å². The number of halogens is 1. The Hall–Kier alpha value is -1.34. The first-order valence-corrected chi connectivity index (χ1v) is 12.3. The maximum atomic E-state index is 12.8. The van der Waals surface area contributed by atoms with Crippen LogP contribution in [0.1, 0.15) is 77.2 Å². The van der Waals surface area contributed by atoms with Crippen LogP contribution in [0, 0.1) is 0 Å². The van der Waals surface area contributed by atoms with Crippen LogP contribution in [0.15, 0.2) is 46.2 Å². The van der Waals surface area contributed by atoms with Gasteiger partial charge in [-0.05, 0) is 45.6 Å². The van der Waals surface area contributed by atoms with Gasteiger partial charge in [-0.15, -0.1) is 0 Å². The minimum atomic E-state index is -0.609. The second-order valence-corrected chi connectivity index (χ2v) is 10.5. The predicted molar refractivity (Wildman–Crippen MR) is 127 cm³/mol. The van der Waals surface area contributed by atoms with Crippen molar-refractivity contribution in [1.29, 1.82) is 0 Å². The van der Waals surface area contributed by atoms with Crippen molar-refractivity contribution in [1.82, 2.24) is 9.78 Å². The van der Waals surface area contributed by atoms with E-state index in [1.54, 1.807) is 6.20 Å². The van der Waals surface area contributed by atoms with Crippen LogP contribution in [0.2, 0.25) is 5.02 Å². The molecule has 0 aliphatic heterocycles. The summed E-state index contributed by atoms with van der Waals surface area (Å²) in [6.45, 7) is 8.56. The van der Waals surface area contributed by atoms with Crippen molar-refractivity contribution in [2.24, 2.45) is 0 Å². The van der Waals surface area contributed by atoms with Crippen molar-refractivity contribution >= 4 is 23.4 Å². The Morgan fingerprint density at radius 3 is 2.48 bits per heavy atom. The fraction of sp³-hybridized carbons (Fsp3) is 0.583. The summed E-state index contributed by atoms with van der Waals surface area (Å²) < 4.78 is 14.4. The van der Waals surface area contributed by atoms with E-state index in [1.165, 1.54) is 22.9 Å². The first-order chi connectivity index (χ1) is 14.8. The molecule has 1 aromatic carbocycles. The molecule has 0 saturated heterocycles. The van der Waals surface area contributed by atoms with E-state index in [9.17, 15) is 4.79 Å². The largest absolute Gasteiger partial charge is 0.350 e. The van der Waals surface area contributed by atoms with Crippen molar-refractivity contribution in [2.75, 3.05) is 6.61 Å². The monoisotopic (exact) mass is 464 g/mol. The van der Waals surface area contributed by atoms with Gasteiger partial charge < -0.3 is 9.47 Å². The summed E-state index contributed by atoms with van der Waals surface area (Å²) in [5, 5.41) is 4.56. The van der Waals surface area contributed by atoms with Crippen molar-refractivity contribution < 1.29 is 9.47 Å². The quantitative estimate of drug-likeness (QED) is 0.327. The van der Waals surface area contributed by atoms with Crippen LogP contribution in [0.5, 0.6) is 0 Å². The molecule has 0 bridgehead atoms. The molecule has 7 heteroatoms. The molecule has 1 fully saturated rings. The van der Waals surface area contributed by atoms with E-state index < -0.39 is 11.3 Å². The summed E-state index contributed by atoms with van der Waals surface area (Å²) in [4.78, 5) is 13.5. The van der Waals surface area contributed by atoms with Gasteiger partial charge in [0.05, 0.1) is 16.6 Å². The van der Waals surface area contributed by atoms with E-state index in [-0.39, 0.29) is 16.0 Å². The zero-order chi connectivity index (χ0) is 22.5. The molecule has 31 heavy (non-hydrogen) atoms. The van der Waals surface area contributed by atoms with Gasteiger partial charge >= 0.3 is 0 Å². The minimum Gasteiger partial charge on any atom is -0.350 e. The molecule has 1 unspecified atom stereocenters. The molecule has 1 aliphatic carbocycles. The summed E-state index contributed by atoms with van der Waals surface area (Å²) in [6, 6.07) is 10.0. The molecule has 1 aliphatic rings. The Labute approximate surface area is 194 Å². The minimum absolute atomic E-state index is 0.173. The summed E-state index contributed by atoms with van der Waals surface area (Å²) in [5.74, 6) is -0.609. The Bertz CT molecular complexity index is 905. The van der Waals surface area contributed by atoms with E-state index in [0.717, 1.165) is 37.7 Å². The van der Waals surface area contributed by atoms with Gasteiger partial charge in [0.15, 0.2) is 5.79 Å². The van der Waals surface area contributed by atoms with Crippen LogP contribution in [-0.2, 0) is 15.0 Å². The smallest absolute Gasteiger partial charge is 0.287 e. The Morgan fingerprint density at radius 1 is 1.19 bits per heavy atom. The Kier molecular flexibility index (Phi) is 8.25. The molecule has 1 heterocycles. The van der Waals surface area contributed by atoms with Crippen LogP contribution in [0.4, 0.5) is 0 Å². The van der Waals surface area contributed by atoms with Crippen molar-refractivity contribution in [3.8, 4) is 0 Å². The number of hydrogen-bond donors (Lipinski definition) is 0. The number of rotatable bonds is 8. The SMILES string of the molecule is CCCOC1(OC(Sc2cnn(C(C)(C)C)c(=O)c2Cl)c2ccccc2)CCCCC1. The average molecular weight is 465 g/mol. The summed E-state index contributed by atoms with van der Waals surface area (Å²) in [5.41, 5.74) is -0.0890. The molecule has 0 radical (unpaired) electrons. The highest BCUT2D eigenvalue weighted by Gasteiger charge is 2.37. The van der Waals surface area contributed by atoms with Gasteiger partial charge in [0, 0.05) is 19.4 Å². The van der Waals surface area contributed by atoms with E-state index >= 15 is 0 Å². The average Bonchev–Trinajstić information content (AvgIpc) is 2.75. The lowest BCUT2D eigenvalue weighted by atomic mass is 9.94. The summed E-state index contributed by atoms with van der Waals surface area (Å²) in [6.07, 6.45) is 7.71. The lowest BCUT2D eigenvalue weighted by Crippen LogP contribution is -2.39. The number of ether oxygens (including phenoxy) is 2. The molecule has 0 amide bonds. The molecule has 170 valence electrons. The molecule has 1 aromatic heterocycles. The molecule has 1 atom stereocenters. The number of benzene rings is 1. The van der Waals surface area contributed by atoms with Crippen LogP contribution in [0.25, 0.3) is 0 Å². The van der Waals surface area contributed by atoms with Crippen molar-refractivity contribution in [3.63, 3.8) is 0 Å². The molecule has 5 nitrogen and oxygen atoms in total. The zero-order valence-corrected chi connectivity index (χ0v) is 20.5. The second kappa shape index (κ2) is 10.5. The summed E-state index contributed by atoms with van der Waals surface area (Å²) >= 11 is 7.93. The lowest BCUT2D eigenvalue weighted by molar-refractivity contribution is -0.260. The third kappa shape index (κ3) is 6.13. The highest BCUT2D eigenvalue weighted by molar-refractivity contribution is 7.99. The molecule has 0 spiro atoms. The van der Waals surface area contributed by atoms with Crippen molar-refractivity contribution in [2.45, 2.75) is 87.9 Å². The molecular formula is C24H33ClN2O3S. The van der Waals surface area contributed by atoms with E-state index in [1.807, 2.05) is 51.1 Å². The molecule has 2 aromatic rings. The maximum Gasteiger partial charge on any atom is 0.287 e. The number of hydrogen-bond acceptors (Lipinski definition) is 5.